The monoisotopic (exact) mass is 424 g/mol. The number of ketones is 1. The first-order chi connectivity index (χ1) is 13.9. The highest BCUT2D eigenvalue weighted by atomic mass is 19.4. The third kappa shape index (κ3) is 4.65. The number of alkyl halides is 3. The van der Waals surface area contributed by atoms with Crippen molar-refractivity contribution < 1.29 is 31.9 Å². The van der Waals surface area contributed by atoms with E-state index >= 15 is 0 Å². The predicted octanol–water partition coefficient (Wildman–Crippen LogP) is 2.85. The molecule has 0 radical (unpaired) electrons. The summed E-state index contributed by atoms with van der Waals surface area (Å²) in [4.78, 5) is 36.8. The topological polar surface area (TPSA) is 104 Å². The number of rotatable bonds is 5. The lowest BCUT2D eigenvalue weighted by Gasteiger charge is -2.16. The molecule has 2 N–H and O–H groups in total. The van der Waals surface area contributed by atoms with Crippen LogP contribution in [0.3, 0.4) is 0 Å². The Kier molecular flexibility index (Phi) is 6.30. The highest BCUT2D eigenvalue weighted by molar-refractivity contribution is 6.43. The minimum Gasteiger partial charge on any atom is -0.347 e. The maximum Gasteiger partial charge on any atom is 0.408 e. The van der Waals surface area contributed by atoms with E-state index in [-0.39, 0.29) is 28.1 Å². The number of nitriles is 1. The van der Waals surface area contributed by atoms with Crippen molar-refractivity contribution in [3.05, 3.63) is 52.6 Å². The second kappa shape index (κ2) is 8.36. The molecular formula is C19H16F4N4O3. The van der Waals surface area contributed by atoms with Crippen molar-refractivity contribution in [3.63, 3.8) is 0 Å². The van der Waals surface area contributed by atoms with Crippen molar-refractivity contribution in [1.29, 1.82) is 5.26 Å². The Labute approximate surface area is 168 Å². The number of hydrogen-bond acceptors (Lipinski definition) is 4. The van der Waals surface area contributed by atoms with E-state index < -0.39 is 35.6 Å². The molecule has 30 heavy (non-hydrogen) atoms. The Hall–Kier alpha value is -3.68. The van der Waals surface area contributed by atoms with E-state index in [0.29, 0.717) is 6.92 Å². The molecule has 158 valence electrons. The number of benzene rings is 1. The summed E-state index contributed by atoms with van der Waals surface area (Å²) in [6.45, 7) is 2.05. The summed E-state index contributed by atoms with van der Waals surface area (Å²) in [5.74, 6) is -4.19. The van der Waals surface area contributed by atoms with Crippen molar-refractivity contribution >= 4 is 23.3 Å². The molecule has 0 aliphatic carbocycles. The highest BCUT2D eigenvalue weighted by Gasteiger charge is 2.38. The van der Waals surface area contributed by atoms with E-state index in [1.807, 2.05) is 0 Å². The second-order valence-electron chi connectivity index (χ2n) is 6.45. The zero-order chi connectivity index (χ0) is 22.8. The van der Waals surface area contributed by atoms with Crippen LogP contribution in [0, 0.1) is 24.1 Å². The van der Waals surface area contributed by atoms with Gasteiger partial charge in [0.15, 0.2) is 0 Å². The van der Waals surface area contributed by atoms with Gasteiger partial charge >= 0.3 is 6.18 Å². The van der Waals surface area contributed by atoms with Gasteiger partial charge in [0.2, 0.25) is 0 Å². The molecule has 0 saturated heterocycles. The average Bonchev–Trinajstić information content (AvgIpc) is 2.96. The number of nitrogens with zero attached hydrogens (tertiary/aromatic N) is 2. The van der Waals surface area contributed by atoms with Crippen molar-refractivity contribution in [2.45, 2.75) is 26.1 Å². The summed E-state index contributed by atoms with van der Waals surface area (Å²) in [6, 6.07) is 2.73. The number of halogens is 4. The van der Waals surface area contributed by atoms with Gasteiger partial charge in [-0.25, -0.2) is 4.39 Å². The lowest BCUT2D eigenvalue weighted by Crippen LogP contribution is -2.46. The Morgan fingerprint density at radius 1 is 1.23 bits per heavy atom. The Morgan fingerprint density at radius 2 is 1.87 bits per heavy atom. The van der Waals surface area contributed by atoms with Crippen molar-refractivity contribution in [3.8, 4) is 6.07 Å². The third-order valence-corrected chi connectivity index (χ3v) is 4.28. The van der Waals surface area contributed by atoms with Gasteiger partial charge in [-0.3, -0.25) is 14.4 Å². The fraction of sp³-hybridized carbons (Fsp3) is 0.263. The smallest absolute Gasteiger partial charge is 0.347 e. The van der Waals surface area contributed by atoms with Gasteiger partial charge in [0.25, 0.3) is 17.6 Å². The SMILES string of the molecule is Cc1c(C(=O)Nc2ccc(F)c(C#N)c2)cn(C)c1C(=O)C(=O)NC(C)C(F)(F)F. The Balaban J connectivity index is 2.26. The molecule has 7 nitrogen and oxygen atoms in total. The van der Waals surface area contributed by atoms with E-state index in [9.17, 15) is 31.9 Å². The number of carbonyl (C=O) groups excluding carboxylic acids is 3. The summed E-state index contributed by atoms with van der Waals surface area (Å²) in [5, 5.41) is 12.9. The molecule has 0 fully saturated rings. The average molecular weight is 424 g/mol. The van der Waals surface area contributed by atoms with Crippen LogP contribution >= 0.6 is 0 Å². The van der Waals surface area contributed by atoms with Crippen LogP contribution in [0.25, 0.3) is 0 Å². The molecule has 1 heterocycles. The van der Waals surface area contributed by atoms with Crippen molar-refractivity contribution in [1.82, 2.24) is 9.88 Å². The molecule has 0 aliphatic heterocycles. The molecule has 0 aliphatic rings. The first kappa shape index (κ1) is 22.6. The van der Waals surface area contributed by atoms with E-state index in [0.717, 1.165) is 16.7 Å². The van der Waals surface area contributed by atoms with Gasteiger partial charge in [-0.2, -0.15) is 18.4 Å². The van der Waals surface area contributed by atoms with Crippen molar-refractivity contribution in [2.75, 3.05) is 5.32 Å². The van der Waals surface area contributed by atoms with Gasteiger partial charge < -0.3 is 15.2 Å². The Morgan fingerprint density at radius 3 is 2.43 bits per heavy atom. The van der Waals surface area contributed by atoms with Crippen LogP contribution in [-0.4, -0.2) is 34.4 Å². The predicted molar refractivity (Wildman–Crippen MR) is 97.2 cm³/mol. The van der Waals surface area contributed by atoms with Crippen LogP contribution in [0.5, 0.6) is 0 Å². The molecule has 0 spiro atoms. The quantitative estimate of drug-likeness (QED) is 0.438. The molecule has 2 aromatic rings. The van der Waals surface area contributed by atoms with Crippen LogP contribution in [0.15, 0.2) is 24.4 Å². The number of hydrogen-bond donors (Lipinski definition) is 2. The minimum atomic E-state index is -4.72. The van der Waals surface area contributed by atoms with E-state index in [1.54, 1.807) is 11.4 Å². The van der Waals surface area contributed by atoms with Crippen LogP contribution in [0.4, 0.5) is 23.2 Å². The molecule has 1 unspecified atom stereocenters. The molecular weight excluding hydrogens is 408 g/mol. The first-order valence-electron chi connectivity index (χ1n) is 8.45. The maximum atomic E-state index is 13.4. The minimum absolute atomic E-state index is 0.0275. The first-order valence-corrected chi connectivity index (χ1v) is 8.45. The normalized spacial score (nSPS) is 12.1. The fourth-order valence-corrected chi connectivity index (χ4v) is 2.65. The summed E-state index contributed by atoms with van der Waals surface area (Å²) in [5.41, 5.74) is -0.392. The molecule has 1 atom stereocenters. The molecule has 1 aromatic heterocycles. The number of Topliss-reactive ketones (excluding diaryl/α,β-unsaturated/α-hetero) is 1. The molecule has 2 rings (SSSR count). The van der Waals surface area contributed by atoms with Gasteiger partial charge in [0.1, 0.15) is 17.9 Å². The second-order valence-corrected chi connectivity index (χ2v) is 6.45. The van der Waals surface area contributed by atoms with Gasteiger partial charge in [0, 0.05) is 18.9 Å². The lowest BCUT2D eigenvalue weighted by molar-refractivity contribution is -0.156. The largest absolute Gasteiger partial charge is 0.408 e. The third-order valence-electron chi connectivity index (χ3n) is 4.28. The number of carbonyl (C=O) groups is 3. The van der Waals surface area contributed by atoms with Crippen LogP contribution < -0.4 is 10.6 Å². The zero-order valence-electron chi connectivity index (χ0n) is 16.0. The van der Waals surface area contributed by atoms with Gasteiger partial charge in [-0.15, -0.1) is 0 Å². The van der Waals surface area contributed by atoms with Crippen LogP contribution in [0.1, 0.15) is 38.9 Å². The fourth-order valence-electron chi connectivity index (χ4n) is 2.65. The number of nitrogens with one attached hydrogen (secondary N) is 2. The number of anilines is 1. The molecule has 0 bridgehead atoms. The van der Waals surface area contributed by atoms with Gasteiger partial charge in [-0.1, -0.05) is 0 Å². The van der Waals surface area contributed by atoms with Gasteiger partial charge in [0.05, 0.1) is 16.8 Å². The summed E-state index contributed by atoms with van der Waals surface area (Å²) in [6.07, 6.45) is -3.49. The van der Waals surface area contributed by atoms with Gasteiger partial charge in [-0.05, 0) is 37.6 Å². The molecule has 2 amide bonds. The number of aromatic nitrogens is 1. The molecule has 1 aromatic carbocycles. The van der Waals surface area contributed by atoms with Crippen LogP contribution in [0.2, 0.25) is 0 Å². The summed E-state index contributed by atoms with van der Waals surface area (Å²) < 4.78 is 52.4. The van der Waals surface area contributed by atoms with E-state index in [1.165, 1.54) is 26.2 Å². The van der Waals surface area contributed by atoms with Crippen LogP contribution in [-0.2, 0) is 11.8 Å². The van der Waals surface area contributed by atoms with E-state index in [4.69, 9.17) is 5.26 Å². The highest BCUT2D eigenvalue weighted by Crippen LogP contribution is 2.22. The van der Waals surface area contributed by atoms with E-state index in [2.05, 4.69) is 5.32 Å². The lowest BCUT2D eigenvalue weighted by atomic mass is 10.1. The van der Waals surface area contributed by atoms with Crippen molar-refractivity contribution in [2.24, 2.45) is 7.05 Å². The molecule has 0 saturated carbocycles. The summed E-state index contributed by atoms with van der Waals surface area (Å²) >= 11 is 0. The summed E-state index contributed by atoms with van der Waals surface area (Å²) in [7, 11) is 1.35. The zero-order valence-corrected chi connectivity index (χ0v) is 16.0. The Bertz CT molecular complexity index is 1070. The molecule has 11 heteroatoms. The maximum absolute atomic E-state index is 13.4. The standard InChI is InChI=1S/C19H16F4N4O3/c1-9-13(17(29)26-12-4-5-14(20)11(6-12)7-24)8-27(3)15(9)16(28)18(30)25-10(2)19(21,22)23/h4-6,8,10H,1-3H3,(H,25,30)(H,26,29). The number of aryl methyl sites for hydroxylation is 1. The number of amides is 2.